The maximum atomic E-state index is 12.4. The molecule has 1 aromatic carbocycles. The van der Waals surface area contributed by atoms with Crippen molar-refractivity contribution >= 4 is 29.2 Å². The molecule has 2 unspecified atom stereocenters. The van der Waals surface area contributed by atoms with Crippen LogP contribution in [0.25, 0.3) is 11.2 Å². The summed E-state index contributed by atoms with van der Waals surface area (Å²) in [6.45, 7) is 16.1. The number of carbonyl (C=O) groups excluding carboxylic acids is 2. The fourth-order valence-corrected chi connectivity index (χ4v) is 5.61. The van der Waals surface area contributed by atoms with Gasteiger partial charge in [0.15, 0.2) is 17.0 Å². The quantitative estimate of drug-likeness (QED) is 0.196. The molecule has 4 rings (SSSR count). The summed E-state index contributed by atoms with van der Waals surface area (Å²) >= 11 is 0. The first-order valence-electron chi connectivity index (χ1n) is 17.0. The molecule has 0 saturated carbocycles. The van der Waals surface area contributed by atoms with Crippen molar-refractivity contribution in [2.75, 3.05) is 51.6 Å². The molecule has 2 amide bonds. The normalized spacial score (nSPS) is 16.9. The van der Waals surface area contributed by atoms with Crippen molar-refractivity contribution in [3.05, 3.63) is 48.5 Å². The Morgan fingerprint density at radius 1 is 0.917 bits per heavy atom. The number of amides is 2. The maximum Gasteiger partial charge on any atom is 0.413 e. The van der Waals surface area contributed by atoms with Crippen molar-refractivity contribution in [1.29, 1.82) is 0 Å². The minimum absolute atomic E-state index is 0.0308. The molecule has 1 fully saturated rings. The van der Waals surface area contributed by atoms with E-state index >= 15 is 0 Å². The van der Waals surface area contributed by atoms with Crippen LogP contribution in [-0.4, -0.2) is 105 Å². The van der Waals surface area contributed by atoms with Gasteiger partial charge in [-0.2, -0.15) is 0 Å². The number of nitrogens with one attached hydrogen (secondary N) is 2. The largest absolute Gasteiger partial charge is 0.444 e. The van der Waals surface area contributed by atoms with Gasteiger partial charge in [-0.15, -0.1) is 0 Å². The van der Waals surface area contributed by atoms with E-state index in [1.54, 1.807) is 27.1 Å². The number of likely N-dealkylation sites (N-methyl/N-ethyl adjacent to an activating group) is 1. The van der Waals surface area contributed by atoms with Crippen LogP contribution in [0.4, 0.5) is 15.4 Å². The number of nitrogens with zero attached hydrogens (tertiary/aromatic N) is 6. The second-order valence-corrected chi connectivity index (χ2v) is 14.4. The van der Waals surface area contributed by atoms with E-state index in [2.05, 4.69) is 72.8 Å². The summed E-state index contributed by atoms with van der Waals surface area (Å²) in [4.78, 5) is 42.5. The van der Waals surface area contributed by atoms with Gasteiger partial charge in [-0.25, -0.2) is 24.5 Å². The number of rotatable bonds is 15. The van der Waals surface area contributed by atoms with E-state index in [0.29, 0.717) is 23.5 Å². The second-order valence-electron chi connectivity index (χ2n) is 14.4. The van der Waals surface area contributed by atoms with Crippen LogP contribution in [0, 0.1) is 0 Å². The molecular weight excluding hydrogens is 612 g/mol. The minimum atomic E-state index is -0.636. The summed E-state index contributed by atoms with van der Waals surface area (Å²) in [7, 11) is 2.18. The van der Waals surface area contributed by atoms with Gasteiger partial charge in [0.1, 0.15) is 23.8 Å². The van der Waals surface area contributed by atoms with Crippen LogP contribution in [-0.2, 0) is 20.6 Å². The summed E-state index contributed by atoms with van der Waals surface area (Å²) in [5.74, 6) is 0.294. The van der Waals surface area contributed by atoms with Crippen LogP contribution in [0.2, 0.25) is 0 Å². The van der Waals surface area contributed by atoms with Gasteiger partial charge in [0.2, 0.25) is 0 Å². The SMILES string of the molecule is CN(CCCN(CCCNC(=O)OC(C)(C)C)CC1CCC(n2cnc3c(NC(=O)OC(C)(C)C)ncnc32)O1)CCc1ccccc1. The lowest BCUT2D eigenvalue weighted by Crippen LogP contribution is -2.38. The van der Waals surface area contributed by atoms with Crippen molar-refractivity contribution in [2.24, 2.45) is 0 Å². The average molecular weight is 667 g/mol. The van der Waals surface area contributed by atoms with Crippen LogP contribution in [0.3, 0.4) is 0 Å². The van der Waals surface area contributed by atoms with Gasteiger partial charge in [0.25, 0.3) is 0 Å². The number of ether oxygens (including phenoxy) is 3. The zero-order valence-corrected chi connectivity index (χ0v) is 29.7. The van der Waals surface area contributed by atoms with Crippen LogP contribution < -0.4 is 10.6 Å². The van der Waals surface area contributed by atoms with E-state index in [9.17, 15) is 9.59 Å². The number of hydrogen-bond acceptors (Lipinski definition) is 10. The van der Waals surface area contributed by atoms with Crippen molar-refractivity contribution in [2.45, 2.75) is 97.2 Å². The molecule has 0 spiro atoms. The molecule has 2 atom stereocenters. The van der Waals surface area contributed by atoms with Crippen LogP contribution in [0.1, 0.15) is 79.0 Å². The first-order valence-corrected chi connectivity index (χ1v) is 17.0. The van der Waals surface area contributed by atoms with E-state index in [4.69, 9.17) is 14.2 Å². The smallest absolute Gasteiger partial charge is 0.413 e. The summed E-state index contributed by atoms with van der Waals surface area (Å²) in [5.41, 5.74) is 1.26. The summed E-state index contributed by atoms with van der Waals surface area (Å²) in [5, 5.41) is 5.57. The number of imidazole rings is 1. The zero-order chi connectivity index (χ0) is 34.7. The van der Waals surface area contributed by atoms with Crippen molar-refractivity contribution in [1.82, 2.24) is 34.6 Å². The molecule has 2 N–H and O–H groups in total. The molecular formula is C35H54N8O5. The van der Waals surface area contributed by atoms with E-state index in [0.717, 1.165) is 64.8 Å². The Kier molecular flexibility index (Phi) is 13.1. The van der Waals surface area contributed by atoms with Crippen LogP contribution in [0.5, 0.6) is 0 Å². The third-order valence-corrected chi connectivity index (χ3v) is 7.79. The molecule has 264 valence electrons. The highest BCUT2D eigenvalue weighted by molar-refractivity contribution is 5.93. The molecule has 13 heteroatoms. The Balaban J connectivity index is 1.32. The van der Waals surface area contributed by atoms with Gasteiger partial charge in [-0.1, -0.05) is 30.3 Å². The van der Waals surface area contributed by atoms with E-state index in [1.807, 2.05) is 25.3 Å². The maximum absolute atomic E-state index is 12.4. The summed E-state index contributed by atoms with van der Waals surface area (Å²) < 4.78 is 19.2. The summed E-state index contributed by atoms with van der Waals surface area (Å²) in [6, 6.07) is 10.6. The van der Waals surface area contributed by atoms with Gasteiger partial charge < -0.3 is 29.3 Å². The predicted molar refractivity (Wildman–Crippen MR) is 186 cm³/mol. The Bertz CT molecular complexity index is 1450. The van der Waals surface area contributed by atoms with Crippen LogP contribution in [0.15, 0.2) is 43.0 Å². The number of aromatic nitrogens is 4. The highest BCUT2D eigenvalue weighted by atomic mass is 16.6. The Morgan fingerprint density at radius 3 is 2.35 bits per heavy atom. The predicted octanol–water partition coefficient (Wildman–Crippen LogP) is 5.63. The monoisotopic (exact) mass is 666 g/mol. The van der Waals surface area contributed by atoms with Gasteiger partial charge in [-0.3, -0.25) is 9.88 Å². The molecule has 1 aliphatic heterocycles. The van der Waals surface area contributed by atoms with E-state index in [1.165, 1.54) is 11.9 Å². The van der Waals surface area contributed by atoms with E-state index < -0.39 is 23.4 Å². The van der Waals surface area contributed by atoms with E-state index in [-0.39, 0.29) is 12.3 Å². The summed E-state index contributed by atoms with van der Waals surface area (Å²) in [6.07, 6.45) is 6.46. The Labute approximate surface area is 284 Å². The molecule has 48 heavy (non-hydrogen) atoms. The lowest BCUT2D eigenvalue weighted by Gasteiger charge is -2.27. The number of alkyl carbamates (subject to hydrolysis) is 1. The Hall–Kier alpha value is -3.81. The van der Waals surface area contributed by atoms with Gasteiger partial charge in [0, 0.05) is 19.6 Å². The molecule has 1 aliphatic rings. The molecule has 3 aromatic rings. The molecule has 0 aliphatic carbocycles. The fourth-order valence-electron chi connectivity index (χ4n) is 5.61. The zero-order valence-electron chi connectivity index (χ0n) is 29.7. The molecule has 1 saturated heterocycles. The number of benzene rings is 1. The second kappa shape index (κ2) is 17.0. The molecule has 13 nitrogen and oxygen atoms in total. The lowest BCUT2D eigenvalue weighted by atomic mass is 10.1. The number of anilines is 1. The van der Waals surface area contributed by atoms with Crippen molar-refractivity contribution in [3.63, 3.8) is 0 Å². The first kappa shape index (κ1) is 37.0. The number of carbonyl (C=O) groups is 2. The van der Waals surface area contributed by atoms with Gasteiger partial charge >= 0.3 is 12.2 Å². The Morgan fingerprint density at radius 2 is 1.62 bits per heavy atom. The number of fused-ring (bicyclic) bond motifs is 1. The number of hydrogen-bond donors (Lipinski definition) is 2. The molecule has 0 radical (unpaired) electrons. The lowest BCUT2D eigenvalue weighted by molar-refractivity contribution is -0.0121. The molecule has 2 aromatic heterocycles. The first-order chi connectivity index (χ1) is 22.8. The standard InChI is InChI=1S/C35H54N8O5/c1-34(2,3)47-32(44)36-18-11-20-42(21-12-19-41(7)22-17-26-13-9-8-10-14-26)23-27-15-16-28(46-27)43-25-39-29-30(37-24-38-31(29)43)40-33(45)48-35(4,5)6/h8-10,13-14,24-25,27-28H,11-12,15-23H2,1-7H3,(H,36,44)(H,37,38,40,45). The highest BCUT2D eigenvalue weighted by Gasteiger charge is 2.30. The van der Waals surface area contributed by atoms with Crippen LogP contribution >= 0.6 is 0 Å². The minimum Gasteiger partial charge on any atom is -0.444 e. The molecule has 0 bridgehead atoms. The average Bonchev–Trinajstić information content (AvgIpc) is 3.64. The highest BCUT2D eigenvalue weighted by Crippen LogP contribution is 2.32. The third-order valence-electron chi connectivity index (χ3n) is 7.79. The van der Waals surface area contributed by atoms with Crippen molar-refractivity contribution in [3.8, 4) is 0 Å². The third kappa shape index (κ3) is 12.3. The fraction of sp³-hybridized carbons (Fsp3) is 0.629. The van der Waals surface area contributed by atoms with Crippen molar-refractivity contribution < 1.29 is 23.8 Å². The molecule has 3 heterocycles. The van der Waals surface area contributed by atoms with Gasteiger partial charge in [-0.05, 0) is 106 Å². The van der Waals surface area contributed by atoms with Gasteiger partial charge in [0.05, 0.1) is 12.4 Å². The topological polar surface area (TPSA) is 136 Å².